The van der Waals surface area contributed by atoms with E-state index in [-0.39, 0.29) is 5.91 Å². The highest BCUT2D eigenvalue weighted by atomic mass is 16.4. The van der Waals surface area contributed by atoms with Crippen LogP contribution in [0.4, 0.5) is 0 Å². The summed E-state index contributed by atoms with van der Waals surface area (Å²) in [5.74, 6) is -1.38. The highest BCUT2D eigenvalue weighted by Crippen LogP contribution is 2.27. The number of carboxylic acids is 1. The molecule has 116 valence electrons. The van der Waals surface area contributed by atoms with Gasteiger partial charge in [0.1, 0.15) is 0 Å². The van der Waals surface area contributed by atoms with Crippen molar-refractivity contribution in [3.63, 3.8) is 0 Å². The van der Waals surface area contributed by atoms with E-state index in [1.54, 1.807) is 13.8 Å². The Morgan fingerprint density at radius 3 is 2.10 bits per heavy atom. The van der Waals surface area contributed by atoms with Crippen molar-refractivity contribution in [1.29, 1.82) is 0 Å². The number of rotatable bonds is 7. The molecule has 2 unspecified atom stereocenters. The predicted molar refractivity (Wildman–Crippen MR) is 79.4 cm³/mol. The van der Waals surface area contributed by atoms with Crippen LogP contribution in [0.1, 0.15) is 59.8 Å². The topological polar surface area (TPSA) is 57.6 Å². The molecule has 0 aliphatic heterocycles. The first kappa shape index (κ1) is 17.0. The molecule has 0 aromatic carbocycles. The minimum Gasteiger partial charge on any atom is -0.481 e. The van der Waals surface area contributed by atoms with Crippen molar-refractivity contribution in [3.8, 4) is 0 Å². The molecule has 1 rings (SSSR count). The third-order valence-corrected chi connectivity index (χ3v) is 4.52. The van der Waals surface area contributed by atoms with Gasteiger partial charge in [-0.1, -0.05) is 40.5 Å². The Labute approximate surface area is 122 Å². The average Bonchev–Trinajstić information content (AvgIpc) is 2.90. The van der Waals surface area contributed by atoms with Crippen molar-refractivity contribution in [2.45, 2.75) is 65.8 Å². The quantitative estimate of drug-likeness (QED) is 0.780. The fourth-order valence-corrected chi connectivity index (χ4v) is 2.78. The second-order valence-corrected chi connectivity index (χ2v) is 6.57. The van der Waals surface area contributed by atoms with Gasteiger partial charge >= 0.3 is 5.97 Å². The second-order valence-electron chi connectivity index (χ2n) is 6.57. The molecule has 1 amide bonds. The zero-order chi connectivity index (χ0) is 15.3. The molecular formula is C16H29NO3. The summed E-state index contributed by atoms with van der Waals surface area (Å²) in [6.07, 6.45) is 5.48. The maximum absolute atomic E-state index is 12.7. The Morgan fingerprint density at radius 2 is 1.65 bits per heavy atom. The molecule has 0 bridgehead atoms. The van der Waals surface area contributed by atoms with Gasteiger partial charge in [-0.15, -0.1) is 0 Å². The first-order chi connectivity index (χ1) is 9.34. The molecule has 4 heteroatoms. The summed E-state index contributed by atoms with van der Waals surface area (Å²) < 4.78 is 0. The molecular weight excluding hydrogens is 254 g/mol. The van der Waals surface area contributed by atoms with E-state index in [9.17, 15) is 9.59 Å². The summed E-state index contributed by atoms with van der Waals surface area (Å²) in [6.45, 7) is 8.44. The zero-order valence-electron chi connectivity index (χ0n) is 13.3. The van der Waals surface area contributed by atoms with Gasteiger partial charge in [-0.3, -0.25) is 9.59 Å². The van der Waals surface area contributed by atoms with Gasteiger partial charge in [0.05, 0.1) is 5.92 Å². The lowest BCUT2D eigenvalue weighted by atomic mass is 9.93. The van der Waals surface area contributed by atoms with Crippen LogP contribution in [0.25, 0.3) is 0 Å². The molecule has 4 nitrogen and oxygen atoms in total. The third kappa shape index (κ3) is 4.50. The van der Waals surface area contributed by atoms with E-state index in [0.29, 0.717) is 12.0 Å². The highest BCUT2D eigenvalue weighted by molar-refractivity contribution is 5.84. The lowest BCUT2D eigenvalue weighted by molar-refractivity contribution is -0.150. The molecule has 0 saturated heterocycles. The average molecular weight is 283 g/mol. The molecule has 1 fully saturated rings. The zero-order valence-corrected chi connectivity index (χ0v) is 13.3. The normalized spacial score (nSPS) is 19.1. The van der Waals surface area contributed by atoms with Gasteiger partial charge in [0, 0.05) is 18.5 Å². The summed E-state index contributed by atoms with van der Waals surface area (Å²) in [5.41, 5.74) is 0. The van der Waals surface area contributed by atoms with Gasteiger partial charge in [-0.2, -0.15) is 0 Å². The smallest absolute Gasteiger partial charge is 0.307 e. The van der Waals surface area contributed by atoms with Crippen LogP contribution < -0.4 is 0 Å². The van der Waals surface area contributed by atoms with E-state index in [2.05, 4.69) is 13.8 Å². The Morgan fingerprint density at radius 1 is 1.10 bits per heavy atom. The molecule has 1 aliphatic rings. The summed E-state index contributed by atoms with van der Waals surface area (Å²) in [7, 11) is 0. The van der Waals surface area contributed by atoms with Gasteiger partial charge in [0.2, 0.25) is 5.91 Å². The molecule has 0 spiro atoms. The van der Waals surface area contributed by atoms with Crippen LogP contribution in [-0.4, -0.2) is 34.5 Å². The van der Waals surface area contributed by atoms with Crippen LogP contribution in [-0.2, 0) is 9.59 Å². The molecule has 1 N–H and O–H groups in total. The first-order valence-corrected chi connectivity index (χ1v) is 7.87. The summed E-state index contributed by atoms with van der Waals surface area (Å²) in [5, 5.41) is 9.10. The third-order valence-electron chi connectivity index (χ3n) is 4.52. The van der Waals surface area contributed by atoms with Crippen molar-refractivity contribution in [1.82, 2.24) is 4.90 Å². The summed E-state index contributed by atoms with van der Waals surface area (Å²) >= 11 is 0. The van der Waals surface area contributed by atoms with Crippen molar-refractivity contribution in [3.05, 3.63) is 0 Å². The number of amides is 1. The summed E-state index contributed by atoms with van der Waals surface area (Å²) in [6, 6.07) is 0.324. The highest BCUT2D eigenvalue weighted by Gasteiger charge is 2.33. The Kier molecular flexibility index (Phi) is 6.50. The fraction of sp³-hybridized carbons (Fsp3) is 0.875. The molecule has 0 aromatic heterocycles. The van der Waals surface area contributed by atoms with Crippen LogP contribution in [0.2, 0.25) is 0 Å². The number of nitrogens with zero attached hydrogens (tertiary/aromatic N) is 1. The predicted octanol–water partition coefficient (Wildman–Crippen LogP) is 3.16. The molecule has 0 heterocycles. The van der Waals surface area contributed by atoms with E-state index >= 15 is 0 Å². The SMILES string of the molecule is CC(C)CCN(C(=O)C(C)C(C)C(=O)O)C1CCCC1. The molecule has 0 aromatic rings. The Balaban J connectivity index is 2.74. The maximum Gasteiger partial charge on any atom is 0.307 e. The van der Waals surface area contributed by atoms with Crippen molar-refractivity contribution >= 4 is 11.9 Å². The molecule has 2 atom stereocenters. The second kappa shape index (κ2) is 7.65. The van der Waals surface area contributed by atoms with E-state index < -0.39 is 17.8 Å². The van der Waals surface area contributed by atoms with Crippen LogP contribution in [0, 0.1) is 17.8 Å². The molecule has 20 heavy (non-hydrogen) atoms. The van der Waals surface area contributed by atoms with E-state index in [1.807, 2.05) is 4.90 Å². The molecule has 1 saturated carbocycles. The van der Waals surface area contributed by atoms with E-state index in [1.165, 1.54) is 12.8 Å². The fourth-order valence-electron chi connectivity index (χ4n) is 2.78. The van der Waals surface area contributed by atoms with E-state index in [0.717, 1.165) is 25.8 Å². The maximum atomic E-state index is 12.7. The van der Waals surface area contributed by atoms with Crippen molar-refractivity contribution in [2.24, 2.45) is 17.8 Å². The number of carboxylic acid groups (broad SMARTS) is 1. The number of carbonyl (C=O) groups is 2. The minimum absolute atomic E-state index is 0.0208. The standard InChI is InChI=1S/C16H29NO3/c1-11(2)9-10-17(14-7-5-6-8-14)15(18)12(3)13(4)16(19)20/h11-14H,5-10H2,1-4H3,(H,19,20). The number of carbonyl (C=O) groups excluding carboxylic acids is 1. The minimum atomic E-state index is -0.888. The number of hydrogen-bond acceptors (Lipinski definition) is 2. The van der Waals surface area contributed by atoms with Crippen LogP contribution in [0.5, 0.6) is 0 Å². The van der Waals surface area contributed by atoms with Gasteiger partial charge in [-0.25, -0.2) is 0 Å². The van der Waals surface area contributed by atoms with Crippen molar-refractivity contribution < 1.29 is 14.7 Å². The van der Waals surface area contributed by atoms with Gasteiger partial charge in [0.25, 0.3) is 0 Å². The van der Waals surface area contributed by atoms with Gasteiger partial charge in [0.15, 0.2) is 0 Å². The van der Waals surface area contributed by atoms with Crippen LogP contribution in [0.15, 0.2) is 0 Å². The van der Waals surface area contributed by atoms with Crippen LogP contribution in [0.3, 0.4) is 0 Å². The van der Waals surface area contributed by atoms with Gasteiger partial charge < -0.3 is 10.0 Å². The first-order valence-electron chi connectivity index (χ1n) is 7.87. The summed E-state index contributed by atoms with van der Waals surface area (Å²) in [4.78, 5) is 25.7. The lowest BCUT2D eigenvalue weighted by Gasteiger charge is -2.33. The lowest BCUT2D eigenvalue weighted by Crippen LogP contribution is -2.45. The largest absolute Gasteiger partial charge is 0.481 e. The Hall–Kier alpha value is -1.06. The van der Waals surface area contributed by atoms with Crippen LogP contribution >= 0.6 is 0 Å². The number of hydrogen-bond donors (Lipinski definition) is 1. The number of aliphatic carboxylic acids is 1. The molecule has 0 radical (unpaired) electrons. The van der Waals surface area contributed by atoms with Crippen molar-refractivity contribution in [2.75, 3.05) is 6.54 Å². The van der Waals surface area contributed by atoms with E-state index in [4.69, 9.17) is 5.11 Å². The van der Waals surface area contributed by atoms with Gasteiger partial charge in [-0.05, 0) is 25.2 Å². The monoisotopic (exact) mass is 283 g/mol. The molecule has 1 aliphatic carbocycles. The Bertz CT molecular complexity index is 335.